The van der Waals surface area contributed by atoms with Crippen LogP contribution in [0.1, 0.15) is 43.5 Å². The number of para-hydroxylation sites is 2. The molecular weight excluding hydrogens is 404 g/mol. The van der Waals surface area contributed by atoms with Crippen LogP contribution in [0.4, 0.5) is 5.69 Å². The maximum atomic E-state index is 12.3. The molecule has 6 heteroatoms. The summed E-state index contributed by atoms with van der Waals surface area (Å²) in [6.45, 7) is 9.78. The van der Waals surface area contributed by atoms with Crippen molar-refractivity contribution in [3.63, 3.8) is 0 Å². The Morgan fingerprint density at radius 2 is 1.81 bits per heavy atom. The van der Waals surface area contributed by atoms with Crippen LogP contribution in [0.2, 0.25) is 0 Å². The topological polar surface area (TPSA) is 51.2 Å². The summed E-state index contributed by atoms with van der Waals surface area (Å²) in [4.78, 5) is 17.2. The summed E-state index contributed by atoms with van der Waals surface area (Å²) in [5.74, 6) is 2.48. The smallest absolute Gasteiger partial charge is 0.170 e. The van der Waals surface area contributed by atoms with Crippen LogP contribution in [0.25, 0.3) is 0 Å². The lowest BCUT2D eigenvalue weighted by molar-refractivity contribution is 0.0618. The highest BCUT2D eigenvalue weighted by Gasteiger charge is 2.32. The number of anilines is 1. The summed E-state index contributed by atoms with van der Waals surface area (Å²) < 4.78 is 17.4. The molecule has 2 aromatic rings. The van der Waals surface area contributed by atoms with E-state index in [1.54, 1.807) is 7.11 Å². The molecule has 2 heterocycles. The molecular formula is C26H34N2O4. The van der Waals surface area contributed by atoms with Gasteiger partial charge in [0.1, 0.15) is 22.8 Å². The van der Waals surface area contributed by atoms with Crippen molar-refractivity contribution >= 4 is 11.5 Å². The van der Waals surface area contributed by atoms with Gasteiger partial charge in [-0.1, -0.05) is 12.1 Å². The number of piperazine rings is 1. The van der Waals surface area contributed by atoms with Crippen LogP contribution in [-0.2, 0) is 0 Å². The Morgan fingerprint density at radius 1 is 1.03 bits per heavy atom. The second-order valence-electron chi connectivity index (χ2n) is 9.18. The van der Waals surface area contributed by atoms with Crippen molar-refractivity contribution in [3.05, 3.63) is 48.0 Å². The molecule has 0 unspecified atom stereocenters. The molecule has 172 valence electrons. The average molecular weight is 439 g/mol. The van der Waals surface area contributed by atoms with Gasteiger partial charge < -0.3 is 19.1 Å². The molecule has 1 saturated heterocycles. The van der Waals surface area contributed by atoms with Crippen molar-refractivity contribution in [2.45, 2.75) is 38.7 Å². The largest absolute Gasteiger partial charge is 0.495 e. The van der Waals surface area contributed by atoms with E-state index in [-0.39, 0.29) is 5.78 Å². The predicted octanol–water partition coefficient (Wildman–Crippen LogP) is 4.42. The lowest BCUT2D eigenvalue weighted by Gasteiger charge is -2.36. The van der Waals surface area contributed by atoms with Crippen molar-refractivity contribution in [2.75, 3.05) is 51.3 Å². The number of fused-ring (bicyclic) bond motifs is 1. The number of benzene rings is 2. The summed E-state index contributed by atoms with van der Waals surface area (Å²) in [6, 6.07) is 13.8. The van der Waals surface area contributed by atoms with Crippen molar-refractivity contribution in [1.29, 1.82) is 0 Å². The molecule has 2 aromatic carbocycles. The highest BCUT2D eigenvalue weighted by molar-refractivity contribution is 6.00. The highest BCUT2D eigenvalue weighted by atomic mass is 16.5. The van der Waals surface area contributed by atoms with Crippen LogP contribution in [0, 0.1) is 0 Å². The van der Waals surface area contributed by atoms with E-state index >= 15 is 0 Å². The van der Waals surface area contributed by atoms with Gasteiger partial charge in [-0.15, -0.1) is 0 Å². The standard InChI is InChI=1S/C26H34N2O4/c1-26(2)19-23(29)21-11-10-20(18-25(21)32-26)31-17-7-6-12-27-13-15-28(16-14-27)22-8-4-5-9-24(22)30-3/h4-5,8-11,18H,6-7,12-17,19H2,1-3H3. The molecule has 4 rings (SSSR count). The minimum absolute atomic E-state index is 0.133. The molecule has 2 aliphatic heterocycles. The third-order valence-electron chi connectivity index (χ3n) is 6.16. The van der Waals surface area contributed by atoms with E-state index in [1.807, 2.05) is 44.2 Å². The van der Waals surface area contributed by atoms with Crippen LogP contribution in [0.3, 0.4) is 0 Å². The Labute approximate surface area is 191 Å². The monoisotopic (exact) mass is 438 g/mol. The molecule has 0 atom stereocenters. The Morgan fingerprint density at radius 3 is 2.59 bits per heavy atom. The first-order valence-electron chi connectivity index (χ1n) is 11.5. The number of carbonyl (C=O) groups excluding carboxylic acids is 1. The average Bonchev–Trinajstić information content (AvgIpc) is 2.78. The summed E-state index contributed by atoms with van der Waals surface area (Å²) in [7, 11) is 1.73. The van der Waals surface area contributed by atoms with Crippen molar-refractivity contribution < 1.29 is 19.0 Å². The van der Waals surface area contributed by atoms with Crippen molar-refractivity contribution in [3.8, 4) is 17.2 Å². The molecule has 2 aliphatic rings. The van der Waals surface area contributed by atoms with Gasteiger partial charge in [0.05, 0.1) is 31.4 Å². The molecule has 0 aliphatic carbocycles. The van der Waals surface area contributed by atoms with Crippen molar-refractivity contribution in [1.82, 2.24) is 4.90 Å². The van der Waals surface area contributed by atoms with E-state index in [4.69, 9.17) is 14.2 Å². The zero-order valence-corrected chi connectivity index (χ0v) is 19.4. The Hall–Kier alpha value is -2.73. The number of nitrogens with zero attached hydrogens (tertiary/aromatic N) is 2. The van der Waals surface area contributed by atoms with Crippen LogP contribution in [0.15, 0.2) is 42.5 Å². The highest BCUT2D eigenvalue weighted by Crippen LogP contribution is 2.35. The Bertz CT molecular complexity index is 935. The van der Waals surface area contributed by atoms with Crippen LogP contribution >= 0.6 is 0 Å². The Kier molecular flexibility index (Phi) is 6.89. The predicted molar refractivity (Wildman–Crippen MR) is 126 cm³/mol. The lowest BCUT2D eigenvalue weighted by atomic mass is 9.93. The van der Waals surface area contributed by atoms with Gasteiger partial charge in [0.2, 0.25) is 0 Å². The maximum Gasteiger partial charge on any atom is 0.170 e. The molecule has 0 radical (unpaired) electrons. The third-order valence-corrected chi connectivity index (χ3v) is 6.16. The molecule has 0 aromatic heterocycles. The first-order chi connectivity index (χ1) is 15.4. The summed E-state index contributed by atoms with van der Waals surface area (Å²) in [6.07, 6.45) is 2.50. The zero-order valence-electron chi connectivity index (χ0n) is 19.4. The second kappa shape index (κ2) is 9.82. The van der Waals surface area contributed by atoms with Gasteiger partial charge in [-0.3, -0.25) is 9.69 Å². The molecule has 0 saturated carbocycles. The Balaban J connectivity index is 1.17. The zero-order chi connectivity index (χ0) is 22.6. The molecule has 1 fully saturated rings. The minimum Gasteiger partial charge on any atom is -0.495 e. The van der Waals surface area contributed by atoms with E-state index in [2.05, 4.69) is 21.9 Å². The number of methoxy groups -OCH3 is 1. The molecule has 6 nitrogen and oxygen atoms in total. The van der Waals surface area contributed by atoms with E-state index in [0.29, 0.717) is 24.3 Å². The fourth-order valence-electron chi connectivity index (χ4n) is 4.45. The maximum absolute atomic E-state index is 12.3. The minimum atomic E-state index is -0.460. The second-order valence-corrected chi connectivity index (χ2v) is 9.18. The quantitative estimate of drug-likeness (QED) is 0.569. The van der Waals surface area contributed by atoms with Crippen molar-refractivity contribution in [2.24, 2.45) is 0 Å². The summed E-state index contributed by atoms with van der Waals surface area (Å²) in [5.41, 5.74) is 1.38. The number of unbranched alkanes of at least 4 members (excludes halogenated alkanes) is 1. The van der Waals surface area contributed by atoms with E-state index in [1.165, 1.54) is 5.69 Å². The third kappa shape index (κ3) is 5.36. The number of rotatable bonds is 8. The lowest BCUT2D eigenvalue weighted by Crippen LogP contribution is -2.46. The number of Topliss-reactive ketones (excluding diaryl/α,β-unsaturated/α-hetero) is 1. The van der Waals surface area contributed by atoms with Gasteiger partial charge in [-0.05, 0) is 57.5 Å². The van der Waals surface area contributed by atoms with E-state index in [9.17, 15) is 4.79 Å². The van der Waals surface area contributed by atoms with Crippen LogP contribution in [0.5, 0.6) is 17.2 Å². The molecule has 0 bridgehead atoms. The number of carbonyl (C=O) groups is 1. The first-order valence-corrected chi connectivity index (χ1v) is 11.5. The van der Waals surface area contributed by atoms with Gasteiger partial charge in [0, 0.05) is 32.2 Å². The first kappa shape index (κ1) is 22.5. The number of ether oxygens (including phenoxy) is 3. The van der Waals surface area contributed by atoms with E-state index < -0.39 is 5.60 Å². The summed E-state index contributed by atoms with van der Waals surface area (Å²) >= 11 is 0. The molecule has 32 heavy (non-hydrogen) atoms. The molecule has 0 amide bonds. The van der Waals surface area contributed by atoms with Gasteiger partial charge >= 0.3 is 0 Å². The number of hydrogen-bond donors (Lipinski definition) is 0. The van der Waals surface area contributed by atoms with Crippen LogP contribution in [-0.4, -0.2) is 62.7 Å². The fourth-order valence-corrected chi connectivity index (χ4v) is 4.45. The normalized spacial score (nSPS) is 18.1. The van der Waals surface area contributed by atoms with Crippen LogP contribution < -0.4 is 19.1 Å². The van der Waals surface area contributed by atoms with Gasteiger partial charge in [-0.2, -0.15) is 0 Å². The van der Waals surface area contributed by atoms with Gasteiger partial charge in [0.25, 0.3) is 0 Å². The number of ketones is 1. The van der Waals surface area contributed by atoms with Gasteiger partial charge in [-0.25, -0.2) is 0 Å². The van der Waals surface area contributed by atoms with E-state index in [0.717, 1.165) is 57.1 Å². The molecule has 0 N–H and O–H groups in total. The molecule has 0 spiro atoms. The number of hydrogen-bond acceptors (Lipinski definition) is 6. The fraction of sp³-hybridized carbons (Fsp3) is 0.500. The SMILES string of the molecule is COc1ccccc1N1CCN(CCCCOc2ccc3c(c2)OC(C)(C)CC3=O)CC1. The van der Waals surface area contributed by atoms with Gasteiger partial charge in [0.15, 0.2) is 5.78 Å². The summed E-state index contributed by atoms with van der Waals surface area (Å²) in [5, 5.41) is 0.